The minimum Gasteiger partial charge on any atom is -0.361 e. The topological polar surface area (TPSA) is 65.2 Å². The van der Waals surface area contributed by atoms with Crippen molar-refractivity contribution < 1.29 is 9.59 Å². The number of H-pyrrole nitrogens is 1. The highest BCUT2D eigenvalue weighted by molar-refractivity contribution is 6.31. The molecule has 0 bridgehead atoms. The summed E-state index contributed by atoms with van der Waals surface area (Å²) in [5.41, 5.74) is 4.39. The minimum atomic E-state index is -0.310. The van der Waals surface area contributed by atoms with Gasteiger partial charge in [-0.15, -0.1) is 0 Å². The van der Waals surface area contributed by atoms with Crippen LogP contribution in [0.4, 0.5) is 0 Å². The standard InChI is InChI=1S/C23H24ClN3O2/c1-15-6-7-21-19(10-15)16(12-25-21)8-9-27-14-18(11-22(27)28)23(29)26-13-17-4-2-3-5-20(17)24/h2-7,10,12,18,25H,8-9,11,13-14H2,1H3,(H,26,29). The van der Waals surface area contributed by atoms with Crippen molar-refractivity contribution in [3.8, 4) is 0 Å². The second-order valence-corrected chi connectivity index (χ2v) is 8.07. The molecule has 1 saturated heterocycles. The summed E-state index contributed by atoms with van der Waals surface area (Å²) in [5.74, 6) is -0.363. The Kier molecular flexibility index (Phi) is 5.58. The first-order chi connectivity index (χ1) is 14.0. The summed E-state index contributed by atoms with van der Waals surface area (Å²) in [7, 11) is 0. The summed E-state index contributed by atoms with van der Waals surface area (Å²) in [6.45, 7) is 3.53. The van der Waals surface area contributed by atoms with Gasteiger partial charge in [-0.1, -0.05) is 41.4 Å². The fraction of sp³-hybridized carbons (Fsp3) is 0.304. The molecule has 150 valence electrons. The van der Waals surface area contributed by atoms with E-state index in [2.05, 4.69) is 35.4 Å². The molecule has 1 aromatic heterocycles. The van der Waals surface area contributed by atoms with E-state index in [4.69, 9.17) is 11.6 Å². The number of benzene rings is 2. The van der Waals surface area contributed by atoms with Gasteiger partial charge in [0.05, 0.1) is 5.92 Å². The highest BCUT2D eigenvalue weighted by Gasteiger charge is 2.33. The number of hydrogen-bond acceptors (Lipinski definition) is 2. The summed E-state index contributed by atoms with van der Waals surface area (Å²) in [6, 6.07) is 13.8. The summed E-state index contributed by atoms with van der Waals surface area (Å²) in [4.78, 5) is 30.0. The third kappa shape index (κ3) is 4.30. The summed E-state index contributed by atoms with van der Waals surface area (Å²) < 4.78 is 0. The van der Waals surface area contributed by atoms with Crippen molar-refractivity contribution in [2.24, 2.45) is 5.92 Å². The summed E-state index contributed by atoms with van der Waals surface area (Å²) in [6.07, 6.45) is 3.04. The smallest absolute Gasteiger partial charge is 0.225 e. The molecule has 1 aliphatic rings. The number of nitrogens with zero attached hydrogens (tertiary/aromatic N) is 1. The van der Waals surface area contributed by atoms with Crippen LogP contribution in [0.5, 0.6) is 0 Å². The first-order valence-corrected chi connectivity index (χ1v) is 10.2. The van der Waals surface area contributed by atoms with Gasteiger partial charge in [0.15, 0.2) is 0 Å². The van der Waals surface area contributed by atoms with Crippen molar-refractivity contribution in [1.82, 2.24) is 15.2 Å². The van der Waals surface area contributed by atoms with Crippen LogP contribution in [0.25, 0.3) is 10.9 Å². The Morgan fingerprint density at radius 2 is 2.07 bits per heavy atom. The molecule has 1 aliphatic heterocycles. The second kappa shape index (κ2) is 8.29. The maximum absolute atomic E-state index is 12.5. The van der Waals surface area contributed by atoms with Gasteiger partial charge in [-0.25, -0.2) is 0 Å². The van der Waals surface area contributed by atoms with Crippen LogP contribution in [-0.2, 0) is 22.6 Å². The first-order valence-electron chi connectivity index (χ1n) is 9.87. The van der Waals surface area contributed by atoms with Gasteiger partial charge >= 0.3 is 0 Å². The molecule has 5 nitrogen and oxygen atoms in total. The SMILES string of the molecule is Cc1ccc2[nH]cc(CCN3CC(C(=O)NCc4ccccc4Cl)CC3=O)c2c1. The number of carbonyl (C=O) groups is 2. The second-order valence-electron chi connectivity index (χ2n) is 7.66. The molecule has 2 aromatic carbocycles. The van der Waals surface area contributed by atoms with E-state index in [9.17, 15) is 9.59 Å². The Morgan fingerprint density at radius 3 is 2.90 bits per heavy atom. The van der Waals surface area contributed by atoms with Crippen LogP contribution < -0.4 is 5.32 Å². The Hall–Kier alpha value is -2.79. The Balaban J connectivity index is 1.33. The van der Waals surface area contributed by atoms with E-state index >= 15 is 0 Å². The van der Waals surface area contributed by atoms with Crippen molar-refractivity contribution in [2.75, 3.05) is 13.1 Å². The average molecular weight is 410 g/mol. The molecule has 0 spiro atoms. The molecule has 29 heavy (non-hydrogen) atoms. The molecule has 0 radical (unpaired) electrons. The van der Waals surface area contributed by atoms with Gasteiger partial charge < -0.3 is 15.2 Å². The molecule has 3 aromatic rings. The number of aryl methyl sites for hydroxylation is 1. The van der Waals surface area contributed by atoms with E-state index < -0.39 is 0 Å². The molecule has 4 rings (SSSR count). The van der Waals surface area contributed by atoms with Crippen LogP contribution in [0, 0.1) is 12.8 Å². The molecule has 2 amide bonds. The fourth-order valence-corrected chi connectivity index (χ4v) is 4.09. The zero-order valence-electron chi connectivity index (χ0n) is 16.4. The molecule has 2 heterocycles. The number of aromatic nitrogens is 1. The number of hydrogen-bond donors (Lipinski definition) is 2. The zero-order valence-corrected chi connectivity index (χ0v) is 17.1. The lowest BCUT2D eigenvalue weighted by Crippen LogP contribution is -2.33. The molecule has 1 fully saturated rings. The molecule has 2 N–H and O–H groups in total. The van der Waals surface area contributed by atoms with Crippen LogP contribution in [0.2, 0.25) is 5.02 Å². The van der Waals surface area contributed by atoms with Crippen molar-refractivity contribution in [3.63, 3.8) is 0 Å². The lowest BCUT2D eigenvalue weighted by atomic mass is 10.1. The largest absolute Gasteiger partial charge is 0.361 e. The summed E-state index contributed by atoms with van der Waals surface area (Å²) >= 11 is 6.14. The monoisotopic (exact) mass is 409 g/mol. The zero-order chi connectivity index (χ0) is 20.4. The van der Waals surface area contributed by atoms with Gasteiger partial charge in [-0.05, 0) is 42.7 Å². The lowest BCUT2D eigenvalue weighted by molar-refractivity contribution is -0.129. The van der Waals surface area contributed by atoms with E-state index in [-0.39, 0.29) is 24.2 Å². The molecule has 1 atom stereocenters. The summed E-state index contributed by atoms with van der Waals surface area (Å²) in [5, 5.41) is 4.75. The van der Waals surface area contributed by atoms with E-state index in [1.807, 2.05) is 24.4 Å². The quantitative estimate of drug-likeness (QED) is 0.649. The van der Waals surface area contributed by atoms with Crippen molar-refractivity contribution in [1.29, 1.82) is 0 Å². The van der Waals surface area contributed by atoms with Crippen molar-refractivity contribution in [3.05, 3.63) is 70.4 Å². The van der Waals surface area contributed by atoms with Gasteiger partial charge in [0.25, 0.3) is 0 Å². The fourth-order valence-electron chi connectivity index (χ4n) is 3.89. The highest BCUT2D eigenvalue weighted by Crippen LogP contribution is 2.23. The van der Waals surface area contributed by atoms with Crippen LogP contribution in [0.3, 0.4) is 0 Å². The Bertz CT molecular complexity index is 1060. The van der Waals surface area contributed by atoms with E-state index in [0.717, 1.165) is 17.5 Å². The van der Waals surface area contributed by atoms with E-state index in [0.29, 0.717) is 24.7 Å². The maximum Gasteiger partial charge on any atom is 0.225 e. The minimum absolute atomic E-state index is 0.0407. The average Bonchev–Trinajstić information content (AvgIpc) is 3.28. The molecular formula is C23H24ClN3O2. The molecule has 0 aliphatic carbocycles. The number of amides is 2. The molecular weight excluding hydrogens is 386 g/mol. The van der Waals surface area contributed by atoms with Gasteiger partial charge in [-0.2, -0.15) is 0 Å². The molecule has 1 unspecified atom stereocenters. The number of fused-ring (bicyclic) bond motifs is 1. The van der Waals surface area contributed by atoms with Crippen molar-refractivity contribution >= 4 is 34.3 Å². The van der Waals surface area contributed by atoms with Crippen molar-refractivity contribution in [2.45, 2.75) is 26.3 Å². The Morgan fingerprint density at radius 1 is 1.24 bits per heavy atom. The molecule has 6 heteroatoms. The predicted molar refractivity (Wildman–Crippen MR) is 115 cm³/mol. The normalized spacial score (nSPS) is 16.6. The number of nitrogens with one attached hydrogen (secondary N) is 2. The number of carbonyl (C=O) groups excluding carboxylic acids is 2. The van der Waals surface area contributed by atoms with Crippen LogP contribution in [-0.4, -0.2) is 34.8 Å². The third-order valence-electron chi connectivity index (χ3n) is 5.57. The van der Waals surface area contributed by atoms with Gasteiger partial charge in [0.1, 0.15) is 0 Å². The molecule has 0 saturated carbocycles. The van der Waals surface area contributed by atoms with Gasteiger partial charge in [0, 0.05) is 48.2 Å². The van der Waals surface area contributed by atoms with Crippen LogP contribution >= 0.6 is 11.6 Å². The van der Waals surface area contributed by atoms with E-state index in [1.165, 1.54) is 16.5 Å². The number of rotatable bonds is 6. The predicted octanol–water partition coefficient (Wildman–Crippen LogP) is 3.84. The van der Waals surface area contributed by atoms with E-state index in [1.54, 1.807) is 11.0 Å². The van der Waals surface area contributed by atoms with Gasteiger partial charge in [-0.3, -0.25) is 9.59 Å². The van der Waals surface area contributed by atoms with Crippen LogP contribution in [0.15, 0.2) is 48.7 Å². The highest BCUT2D eigenvalue weighted by atomic mass is 35.5. The number of likely N-dealkylation sites (tertiary alicyclic amines) is 1. The van der Waals surface area contributed by atoms with Gasteiger partial charge in [0.2, 0.25) is 11.8 Å². The lowest BCUT2D eigenvalue weighted by Gasteiger charge is -2.16. The first kappa shape index (κ1) is 19.5. The number of halogens is 1. The van der Waals surface area contributed by atoms with Crippen LogP contribution in [0.1, 0.15) is 23.1 Å². The number of aromatic amines is 1. The third-order valence-corrected chi connectivity index (χ3v) is 5.94. The Labute approximate surface area is 175 Å². The maximum atomic E-state index is 12.5.